The molecule has 0 fully saturated rings. The summed E-state index contributed by atoms with van der Waals surface area (Å²) in [5.74, 6) is 17.2. The topological polar surface area (TPSA) is 81.5 Å². The molecule has 0 aromatic heterocycles. The van der Waals surface area contributed by atoms with Gasteiger partial charge in [0.2, 0.25) is 0 Å². The molecule has 0 aliphatic carbocycles. The van der Waals surface area contributed by atoms with Gasteiger partial charge in [0.25, 0.3) is 0 Å². The summed E-state index contributed by atoms with van der Waals surface area (Å²) in [4.78, 5) is 0. The van der Waals surface area contributed by atoms with E-state index < -0.39 is 0 Å². The lowest BCUT2D eigenvalue weighted by Gasteiger charge is -2.20. The van der Waals surface area contributed by atoms with Crippen LogP contribution < -0.4 is 9.47 Å². The molecular formula is C20H28O4. The van der Waals surface area contributed by atoms with Gasteiger partial charge in [0.1, 0.15) is 11.5 Å². The van der Waals surface area contributed by atoms with Crippen molar-refractivity contribution in [3.8, 4) is 47.0 Å². The van der Waals surface area contributed by atoms with Crippen LogP contribution in [0.4, 0.5) is 0 Å². The molecule has 0 aliphatic rings. The van der Waals surface area contributed by atoms with Crippen molar-refractivity contribution in [1.82, 2.24) is 0 Å². The molecule has 0 bridgehead atoms. The highest BCUT2D eigenvalue weighted by molar-refractivity contribution is 5.41. The molecule has 0 spiro atoms. The molecule has 1 aromatic rings. The fourth-order valence-corrected chi connectivity index (χ4v) is 1.43. The fourth-order valence-electron chi connectivity index (χ4n) is 1.43. The first-order valence-electron chi connectivity index (χ1n) is 6.96. The van der Waals surface area contributed by atoms with Gasteiger partial charge in [-0.2, -0.15) is 0 Å². The van der Waals surface area contributed by atoms with Crippen LogP contribution in [0.1, 0.15) is 40.2 Å². The highest BCUT2D eigenvalue weighted by Gasteiger charge is 2.15. The summed E-state index contributed by atoms with van der Waals surface area (Å²) in [7, 11) is 3.34. The summed E-state index contributed by atoms with van der Waals surface area (Å²) in [5, 5.41) is 0. The normalized spacial score (nSPS) is 7.79. The van der Waals surface area contributed by atoms with Gasteiger partial charge in [0.05, 0.1) is 14.2 Å². The van der Waals surface area contributed by atoms with Crippen molar-refractivity contribution in [2.24, 2.45) is 0 Å². The van der Waals surface area contributed by atoms with Gasteiger partial charge in [-0.3, -0.25) is 0 Å². The molecular weight excluding hydrogens is 304 g/mol. The zero-order valence-corrected chi connectivity index (χ0v) is 15.5. The Morgan fingerprint density at radius 3 is 1.33 bits per heavy atom. The first-order chi connectivity index (χ1) is 10.4. The molecule has 0 atom stereocenters. The van der Waals surface area contributed by atoms with Crippen LogP contribution in [-0.2, 0) is 5.41 Å². The predicted molar refractivity (Wildman–Crippen MR) is 100 cm³/mol. The van der Waals surface area contributed by atoms with Crippen molar-refractivity contribution >= 4 is 0 Å². The summed E-state index contributed by atoms with van der Waals surface area (Å²) in [6.07, 6.45) is 0. The average molecular weight is 332 g/mol. The number of ether oxygens (including phenoxy) is 2. The number of methoxy groups -OCH3 is 2. The third kappa shape index (κ3) is 11.0. The molecule has 0 amide bonds. The molecule has 0 aliphatic heterocycles. The van der Waals surface area contributed by atoms with Gasteiger partial charge in [0.15, 0.2) is 0 Å². The molecule has 0 saturated carbocycles. The highest BCUT2D eigenvalue weighted by Crippen LogP contribution is 2.30. The van der Waals surface area contributed by atoms with E-state index in [4.69, 9.17) is 9.47 Å². The maximum Gasteiger partial charge on any atom is 0.122 e. The zero-order chi connectivity index (χ0) is 17.0. The minimum absolute atomic E-state index is 0. The van der Waals surface area contributed by atoms with Crippen LogP contribution in [0, 0.1) is 35.5 Å². The Kier molecular flexibility index (Phi) is 15.4. The van der Waals surface area contributed by atoms with E-state index in [2.05, 4.69) is 56.3 Å². The summed E-state index contributed by atoms with van der Waals surface area (Å²) >= 11 is 0. The van der Waals surface area contributed by atoms with Crippen LogP contribution in [0.5, 0.6) is 11.5 Å². The molecule has 0 saturated heterocycles. The van der Waals surface area contributed by atoms with Crippen molar-refractivity contribution in [1.29, 1.82) is 0 Å². The minimum Gasteiger partial charge on any atom is -0.497 e. The second-order valence-electron chi connectivity index (χ2n) is 5.35. The van der Waals surface area contributed by atoms with Gasteiger partial charge < -0.3 is 20.4 Å². The average Bonchev–Trinajstić information content (AvgIpc) is 2.51. The van der Waals surface area contributed by atoms with Crippen molar-refractivity contribution in [3.05, 3.63) is 23.8 Å². The largest absolute Gasteiger partial charge is 0.497 e. The van der Waals surface area contributed by atoms with Crippen LogP contribution in [0.2, 0.25) is 0 Å². The summed E-state index contributed by atoms with van der Waals surface area (Å²) in [5.41, 5.74) is 1.33. The van der Waals surface area contributed by atoms with Crippen molar-refractivity contribution in [3.63, 3.8) is 0 Å². The number of rotatable bonds is 2. The molecule has 4 N–H and O–H groups in total. The molecule has 1 rings (SSSR count). The lowest BCUT2D eigenvalue weighted by atomic mass is 9.87. The standard InChI is InChI=1S/C12H18O2.C8H6.2H2O/c1-12(2,3)9-6-10(13-4)8-11(7-9)14-5;1-3-5-7-8-6-4-2;;/h6-8H,1-5H3;1-2H3;2*1H2. The van der Waals surface area contributed by atoms with Gasteiger partial charge in [-0.1, -0.05) is 32.6 Å². The Balaban J connectivity index is -0.000000386. The van der Waals surface area contributed by atoms with Gasteiger partial charge >= 0.3 is 0 Å². The SMILES string of the molecule is CC#CC#CC#CC.COc1cc(OC)cc(C(C)(C)C)c1.O.O. The van der Waals surface area contributed by atoms with Crippen molar-refractivity contribution < 1.29 is 20.4 Å². The molecule has 24 heavy (non-hydrogen) atoms. The fraction of sp³-hybridized carbons (Fsp3) is 0.400. The lowest BCUT2D eigenvalue weighted by Crippen LogP contribution is -2.11. The molecule has 0 unspecified atom stereocenters. The second kappa shape index (κ2) is 14.0. The zero-order valence-electron chi connectivity index (χ0n) is 15.5. The number of benzene rings is 1. The molecule has 1 aromatic carbocycles. The molecule has 0 radical (unpaired) electrons. The Bertz CT molecular complexity index is 604. The van der Waals surface area contributed by atoms with Crippen LogP contribution in [0.25, 0.3) is 0 Å². The third-order valence-corrected chi connectivity index (χ3v) is 2.65. The number of hydrogen-bond acceptors (Lipinski definition) is 2. The van der Waals surface area contributed by atoms with Crippen LogP contribution in [-0.4, -0.2) is 25.2 Å². The van der Waals surface area contributed by atoms with Crippen LogP contribution >= 0.6 is 0 Å². The van der Waals surface area contributed by atoms with Crippen LogP contribution in [0.3, 0.4) is 0 Å². The molecule has 132 valence electrons. The summed E-state index contributed by atoms with van der Waals surface area (Å²) in [6.45, 7) is 9.99. The van der Waals surface area contributed by atoms with Crippen molar-refractivity contribution in [2.75, 3.05) is 14.2 Å². The first-order valence-corrected chi connectivity index (χ1v) is 6.96. The Morgan fingerprint density at radius 1 is 0.708 bits per heavy atom. The molecule has 4 heteroatoms. The van der Waals surface area contributed by atoms with Gasteiger partial charge in [-0.05, 0) is 60.6 Å². The van der Waals surface area contributed by atoms with E-state index in [1.165, 1.54) is 5.56 Å². The highest BCUT2D eigenvalue weighted by atomic mass is 16.5. The minimum atomic E-state index is 0. The number of hydrogen-bond donors (Lipinski definition) is 0. The maximum absolute atomic E-state index is 5.21. The molecule has 0 heterocycles. The third-order valence-electron chi connectivity index (χ3n) is 2.65. The monoisotopic (exact) mass is 332 g/mol. The predicted octanol–water partition coefficient (Wildman–Crippen LogP) is 2.39. The summed E-state index contributed by atoms with van der Waals surface area (Å²) in [6, 6.07) is 5.97. The van der Waals surface area contributed by atoms with E-state index >= 15 is 0 Å². The summed E-state index contributed by atoms with van der Waals surface area (Å²) < 4.78 is 10.4. The second-order valence-corrected chi connectivity index (χ2v) is 5.35. The van der Waals surface area contributed by atoms with E-state index in [9.17, 15) is 0 Å². The molecule has 4 nitrogen and oxygen atoms in total. The van der Waals surface area contributed by atoms with E-state index in [1.54, 1.807) is 28.1 Å². The quantitative estimate of drug-likeness (QED) is 0.779. The smallest absolute Gasteiger partial charge is 0.122 e. The van der Waals surface area contributed by atoms with Gasteiger partial charge in [0, 0.05) is 6.07 Å². The Labute approximate surface area is 146 Å². The first kappa shape index (κ1) is 26.3. The van der Waals surface area contributed by atoms with E-state index in [0.717, 1.165) is 11.5 Å². The van der Waals surface area contributed by atoms with Gasteiger partial charge in [-0.25, -0.2) is 0 Å². The maximum atomic E-state index is 5.21. The Morgan fingerprint density at radius 2 is 1.08 bits per heavy atom. The van der Waals surface area contributed by atoms with E-state index in [-0.39, 0.29) is 16.4 Å². The van der Waals surface area contributed by atoms with Gasteiger partial charge in [-0.15, -0.1) is 0 Å². The van der Waals surface area contributed by atoms with Crippen molar-refractivity contribution in [2.45, 2.75) is 40.0 Å². The lowest BCUT2D eigenvalue weighted by molar-refractivity contribution is 0.391. The van der Waals surface area contributed by atoms with E-state index in [0.29, 0.717) is 0 Å². The van der Waals surface area contributed by atoms with E-state index in [1.807, 2.05) is 18.2 Å². The Hall–Kier alpha value is -2.58. The van der Waals surface area contributed by atoms with Crippen LogP contribution in [0.15, 0.2) is 18.2 Å².